The van der Waals surface area contributed by atoms with Crippen LogP contribution < -0.4 is 0 Å². The number of aliphatic hydroxyl groups excluding tert-OH is 1. The monoisotopic (exact) mass is 186 g/mol. The van der Waals surface area contributed by atoms with Gasteiger partial charge in [-0.15, -0.1) is 0 Å². The van der Waals surface area contributed by atoms with E-state index < -0.39 is 0 Å². The molecule has 1 fully saturated rings. The largest absolute Gasteiger partial charge is 0.396 e. The van der Waals surface area contributed by atoms with Gasteiger partial charge < -0.3 is 9.84 Å². The Morgan fingerprint density at radius 2 is 2.08 bits per heavy atom. The molecule has 0 aromatic heterocycles. The van der Waals surface area contributed by atoms with Gasteiger partial charge in [0.2, 0.25) is 0 Å². The Morgan fingerprint density at radius 3 is 2.62 bits per heavy atom. The second-order valence-corrected chi connectivity index (χ2v) is 3.98. The zero-order valence-corrected chi connectivity index (χ0v) is 8.83. The van der Waals surface area contributed by atoms with Gasteiger partial charge >= 0.3 is 0 Å². The van der Waals surface area contributed by atoms with Gasteiger partial charge in [0.15, 0.2) is 0 Å². The summed E-state index contributed by atoms with van der Waals surface area (Å²) in [4.78, 5) is 0. The second-order valence-electron chi connectivity index (χ2n) is 3.98. The molecule has 1 rings (SSSR count). The van der Waals surface area contributed by atoms with Gasteiger partial charge in [-0.2, -0.15) is 0 Å². The van der Waals surface area contributed by atoms with E-state index >= 15 is 0 Å². The Hall–Kier alpha value is -0.0800. The molecule has 78 valence electrons. The Balaban J connectivity index is 2.37. The van der Waals surface area contributed by atoms with Gasteiger partial charge in [-0.05, 0) is 24.7 Å². The molecule has 1 saturated heterocycles. The van der Waals surface area contributed by atoms with E-state index in [1.807, 2.05) is 0 Å². The molecule has 1 N–H and O–H groups in total. The average Bonchev–Trinajstić information content (AvgIpc) is 2.56. The highest BCUT2D eigenvalue weighted by atomic mass is 16.5. The van der Waals surface area contributed by atoms with Crippen LogP contribution in [0.15, 0.2) is 0 Å². The molecule has 3 atom stereocenters. The van der Waals surface area contributed by atoms with Crippen LogP contribution in [-0.4, -0.2) is 24.4 Å². The lowest BCUT2D eigenvalue weighted by molar-refractivity contribution is 0.0756. The van der Waals surface area contributed by atoms with E-state index in [9.17, 15) is 0 Å². The fraction of sp³-hybridized carbons (Fsp3) is 1.00. The third-order valence-corrected chi connectivity index (χ3v) is 3.25. The summed E-state index contributed by atoms with van der Waals surface area (Å²) < 4.78 is 5.75. The fourth-order valence-corrected chi connectivity index (χ4v) is 2.40. The molecule has 13 heavy (non-hydrogen) atoms. The molecule has 0 amide bonds. The first-order chi connectivity index (χ1) is 6.33. The molecule has 0 aliphatic carbocycles. The molecule has 0 aromatic rings. The highest BCUT2D eigenvalue weighted by Gasteiger charge is 2.33. The normalized spacial score (nSPS) is 33.9. The lowest BCUT2D eigenvalue weighted by atomic mass is 9.85. The van der Waals surface area contributed by atoms with Crippen LogP contribution in [-0.2, 0) is 4.74 Å². The number of aliphatic hydroxyl groups is 1. The predicted molar refractivity (Wildman–Crippen MR) is 53.6 cm³/mol. The maximum absolute atomic E-state index is 8.75. The standard InChI is InChI=1S/C11H22O2/c1-3-9-8-13-11(6-5-7-12)10(9)4-2/h9-12H,3-8H2,1-2H3. The minimum absolute atomic E-state index is 0.299. The Labute approximate surface area is 81.3 Å². The van der Waals surface area contributed by atoms with Crippen molar-refractivity contribution in [3.63, 3.8) is 0 Å². The second kappa shape index (κ2) is 5.61. The quantitative estimate of drug-likeness (QED) is 0.713. The molecule has 2 nitrogen and oxygen atoms in total. The summed E-state index contributed by atoms with van der Waals surface area (Å²) in [5.74, 6) is 1.49. The van der Waals surface area contributed by atoms with Crippen molar-refractivity contribution in [1.29, 1.82) is 0 Å². The molecular formula is C11H22O2. The van der Waals surface area contributed by atoms with Gasteiger partial charge in [-0.1, -0.05) is 26.7 Å². The predicted octanol–water partition coefficient (Wildman–Crippen LogP) is 2.21. The summed E-state index contributed by atoms with van der Waals surface area (Å²) in [6.07, 6.45) is 4.79. The number of ether oxygens (including phenoxy) is 1. The molecule has 1 aliphatic rings. The van der Waals surface area contributed by atoms with Crippen molar-refractivity contribution in [2.24, 2.45) is 11.8 Å². The lowest BCUT2D eigenvalue weighted by Crippen LogP contribution is -2.19. The highest BCUT2D eigenvalue weighted by molar-refractivity contribution is 4.82. The topological polar surface area (TPSA) is 29.5 Å². The zero-order valence-electron chi connectivity index (χ0n) is 8.83. The third kappa shape index (κ3) is 2.68. The van der Waals surface area contributed by atoms with Crippen molar-refractivity contribution in [2.45, 2.75) is 45.6 Å². The number of rotatable bonds is 5. The Bertz CT molecular complexity index is 136. The van der Waals surface area contributed by atoms with Gasteiger partial charge in [0, 0.05) is 6.61 Å². The van der Waals surface area contributed by atoms with Crippen LogP contribution in [0.2, 0.25) is 0 Å². The van der Waals surface area contributed by atoms with Crippen molar-refractivity contribution in [3.05, 3.63) is 0 Å². The van der Waals surface area contributed by atoms with E-state index in [4.69, 9.17) is 9.84 Å². The highest BCUT2D eigenvalue weighted by Crippen LogP contribution is 2.34. The maximum atomic E-state index is 8.75. The molecule has 0 radical (unpaired) electrons. The van der Waals surface area contributed by atoms with E-state index in [1.54, 1.807) is 0 Å². The molecule has 1 aliphatic heterocycles. The first-order valence-electron chi connectivity index (χ1n) is 5.55. The van der Waals surface area contributed by atoms with Crippen molar-refractivity contribution in [3.8, 4) is 0 Å². The first kappa shape index (κ1) is 11.0. The van der Waals surface area contributed by atoms with Gasteiger partial charge in [0.05, 0.1) is 12.7 Å². The van der Waals surface area contributed by atoms with E-state index in [1.165, 1.54) is 12.8 Å². The van der Waals surface area contributed by atoms with Crippen molar-refractivity contribution in [1.82, 2.24) is 0 Å². The summed E-state index contributed by atoms with van der Waals surface area (Å²) in [7, 11) is 0. The van der Waals surface area contributed by atoms with Crippen LogP contribution in [0.1, 0.15) is 39.5 Å². The Morgan fingerprint density at radius 1 is 1.31 bits per heavy atom. The number of hydrogen-bond donors (Lipinski definition) is 1. The van der Waals surface area contributed by atoms with Crippen LogP contribution in [0, 0.1) is 11.8 Å². The molecule has 0 aromatic carbocycles. The van der Waals surface area contributed by atoms with Gasteiger partial charge in [0.1, 0.15) is 0 Å². The van der Waals surface area contributed by atoms with E-state index in [-0.39, 0.29) is 0 Å². The summed E-state index contributed by atoms with van der Waals surface area (Å²) in [5, 5.41) is 8.75. The van der Waals surface area contributed by atoms with Gasteiger partial charge in [-0.25, -0.2) is 0 Å². The summed E-state index contributed by atoms with van der Waals surface area (Å²) in [6, 6.07) is 0. The fourth-order valence-electron chi connectivity index (χ4n) is 2.40. The van der Waals surface area contributed by atoms with Crippen LogP contribution in [0.5, 0.6) is 0 Å². The zero-order chi connectivity index (χ0) is 9.68. The summed E-state index contributed by atoms with van der Waals surface area (Å²) in [6.45, 7) is 5.72. The smallest absolute Gasteiger partial charge is 0.0607 e. The van der Waals surface area contributed by atoms with Crippen LogP contribution >= 0.6 is 0 Å². The third-order valence-electron chi connectivity index (χ3n) is 3.25. The SMILES string of the molecule is CCC1COC(CCCO)C1CC. The summed E-state index contributed by atoms with van der Waals surface area (Å²) >= 11 is 0. The molecular weight excluding hydrogens is 164 g/mol. The molecule has 3 unspecified atom stereocenters. The van der Waals surface area contributed by atoms with Crippen LogP contribution in [0.25, 0.3) is 0 Å². The average molecular weight is 186 g/mol. The minimum Gasteiger partial charge on any atom is -0.396 e. The van der Waals surface area contributed by atoms with Crippen LogP contribution in [0.4, 0.5) is 0 Å². The van der Waals surface area contributed by atoms with Gasteiger partial charge in [0.25, 0.3) is 0 Å². The van der Waals surface area contributed by atoms with E-state index in [0.29, 0.717) is 12.7 Å². The molecule has 0 spiro atoms. The van der Waals surface area contributed by atoms with E-state index in [0.717, 1.165) is 31.3 Å². The number of hydrogen-bond acceptors (Lipinski definition) is 2. The maximum Gasteiger partial charge on any atom is 0.0607 e. The first-order valence-corrected chi connectivity index (χ1v) is 5.55. The molecule has 0 saturated carbocycles. The van der Waals surface area contributed by atoms with Crippen molar-refractivity contribution >= 4 is 0 Å². The van der Waals surface area contributed by atoms with E-state index in [2.05, 4.69) is 13.8 Å². The van der Waals surface area contributed by atoms with Crippen molar-refractivity contribution in [2.75, 3.05) is 13.2 Å². The molecule has 1 heterocycles. The molecule has 2 heteroatoms. The molecule has 0 bridgehead atoms. The Kier molecular flexibility index (Phi) is 4.74. The lowest BCUT2D eigenvalue weighted by Gasteiger charge is -2.20. The summed E-state index contributed by atoms with van der Waals surface area (Å²) in [5.41, 5.74) is 0. The van der Waals surface area contributed by atoms with Crippen LogP contribution in [0.3, 0.4) is 0 Å². The van der Waals surface area contributed by atoms with Crippen molar-refractivity contribution < 1.29 is 9.84 Å². The minimum atomic E-state index is 0.299. The van der Waals surface area contributed by atoms with Gasteiger partial charge in [-0.3, -0.25) is 0 Å².